The van der Waals surface area contributed by atoms with Gasteiger partial charge in [0.05, 0.1) is 17.8 Å². The van der Waals surface area contributed by atoms with Crippen molar-refractivity contribution >= 4 is 38.5 Å². The summed E-state index contributed by atoms with van der Waals surface area (Å²) in [6, 6.07) is 5.85. The lowest BCUT2D eigenvalue weighted by Gasteiger charge is -2.20. The molecule has 0 unspecified atom stereocenters. The van der Waals surface area contributed by atoms with Crippen molar-refractivity contribution in [3.8, 4) is 0 Å². The van der Waals surface area contributed by atoms with Gasteiger partial charge in [-0.1, -0.05) is 29.8 Å². The van der Waals surface area contributed by atoms with E-state index in [0.717, 1.165) is 47.2 Å². The summed E-state index contributed by atoms with van der Waals surface area (Å²) in [5.41, 5.74) is 2.10. The summed E-state index contributed by atoms with van der Waals surface area (Å²) in [6.45, 7) is 10.1. The number of carbonyl (C=O) groups is 1. The van der Waals surface area contributed by atoms with E-state index in [9.17, 15) is 4.79 Å². The van der Waals surface area contributed by atoms with Crippen LogP contribution in [0.4, 0.5) is 5.69 Å². The van der Waals surface area contributed by atoms with Crippen LogP contribution in [0.2, 0.25) is 0 Å². The molecule has 0 saturated heterocycles. The fourth-order valence-electron chi connectivity index (χ4n) is 2.60. The smallest absolute Gasteiger partial charge is 0.341 e. The normalized spacial score (nSPS) is 11.0. The van der Waals surface area contributed by atoms with E-state index < -0.39 is 0 Å². The quantitative estimate of drug-likeness (QED) is 0.688. The Labute approximate surface area is 151 Å². The molecule has 0 radical (unpaired) electrons. The van der Waals surface area contributed by atoms with Gasteiger partial charge >= 0.3 is 5.97 Å². The summed E-state index contributed by atoms with van der Waals surface area (Å²) >= 11 is 3.49. The average Bonchev–Trinajstić information content (AvgIpc) is 2.58. The Kier molecular flexibility index (Phi) is 6.99. The summed E-state index contributed by atoms with van der Waals surface area (Å²) in [6.07, 6.45) is 1.59. The molecule has 1 aromatic carbocycles. The number of nitrogens with one attached hydrogen (secondary N) is 1. The highest BCUT2D eigenvalue weighted by molar-refractivity contribution is 9.10. The van der Waals surface area contributed by atoms with Crippen LogP contribution in [0.1, 0.15) is 31.1 Å². The van der Waals surface area contributed by atoms with Crippen molar-refractivity contribution in [2.45, 2.75) is 20.8 Å². The second-order valence-electron chi connectivity index (χ2n) is 5.38. The van der Waals surface area contributed by atoms with Gasteiger partial charge in [-0.2, -0.15) is 0 Å². The number of aromatic nitrogens is 1. The Morgan fingerprint density at radius 3 is 2.71 bits per heavy atom. The lowest BCUT2D eigenvalue weighted by atomic mass is 10.1. The third-order valence-corrected chi connectivity index (χ3v) is 4.44. The molecule has 0 aliphatic carbocycles. The first-order chi connectivity index (χ1) is 11.6. The molecule has 1 aromatic heterocycles. The fraction of sp³-hybridized carbons (Fsp3) is 0.444. The van der Waals surface area contributed by atoms with Gasteiger partial charge < -0.3 is 15.0 Å². The van der Waals surface area contributed by atoms with E-state index in [0.29, 0.717) is 12.2 Å². The maximum Gasteiger partial charge on any atom is 0.341 e. The molecule has 6 heteroatoms. The van der Waals surface area contributed by atoms with Crippen LogP contribution in [-0.4, -0.2) is 48.6 Å². The van der Waals surface area contributed by atoms with Crippen molar-refractivity contribution in [1.29, 1.82) is 0 Å². The first kappa shape index (κ1) is 18.7. The molecule has 1 N–H and O–H groups in total. The van der Waals surface area contributed by atoms with E-state index in [4.69, 9.17) is 4.74 Å². The van der Waals surface area contributed by atoms with Crippen LogP contribution in [-0.2, 0) is 4.74 Å². The van der Waals surface area contributed by atoms with Crippen LogP contribution in [0.15, 0.2) is 28.9 Å². The summed E-state index contributed by atoms with van der Waals surface area (Å²) in [7, 11) is 0. The Balaban J connectivity index is 2.36. The lowest BCUT2D eigenvalue weighted by molar-refractivity contribution is 0.0527. The van der Waals surface area contributed by atoms with Crippen molar-refractivity contribution in [2.24, 2.45) is 0 Å². The summed E-state index contributed by atoms with van der Waals surface area (Å²) < 4.78 is 6.13. The van der Waals surface area contributed by atoms with Gasteiger partial charge in [-0.15, -0.1) is 0 Å². The molecule has 0 aliphatic rings. The molecule has 0 amide bonds. The minimum absolute atomic E-state index is 0.342. The fourth-order valence-corrected chi connectivity index (χ4v) is 2.96. The number of anilines is 1. The molecule has 2 rings (SSSR count). The van der Waals surface area contributed by atoms with Crippen molar-refractivity contribution in [2.75, 3.05) is 38.1 Å². The van der Waals surface area contributed by atoms with Crippen LogP contribution < -0.4 is 5.32 Å². The predicted molar refractivity (Wildman–Crippen MR) is 102 cm³/mol. The second kappa shape index (κ2) is 8.99. The Morgan fingerprint density at radius 1 is 1.29 bits per heavy atom. The number of hydrogen-bond donors (Lipinski definition) is 1. The standard InChI is InChI=1S/C18H24BrN3O2/c1-4-22(5-2)10-9-20-17-14-11-13(19)7-8-16(14)21-12-15(17)18(23)24-6-3/h7-8,11-12H,4-6,9-10H2,1-3H3,(H,20,21). The van der Waals surface area contributed by atoms with Crippen LogP contribution in [0.3, 0.4) is 0 Å². The van der Waals surface area contributed by atoms with Crippen molar-refractivity contribution in [3.05, 3.63) is 34.4 Å². The van der Waals surface area contributed by atoms with Gasteiger partial charge in [-0.3, -0.25) is 4.98 Å². The minimum Gasteiger partial charge on any atom is -0.462 e. The summed E-state index contributed by atoms with van der Waals surface area (Å²) in [4.78, 5) is 19.0. The molecular weight excluding hydrogens is 370 g/mol. The first-order valence-electron chi connectivity index (χ1n) is 8.32. The van der Waals surface area contributed by atoms with Gasteiger partial charge in [0.25, 0.3) is 0 Å². The van der Waals surface area contributed by atoms with Crippen LogP contribution >= 0.6 is 15.9 Å². The number of likely N-dealkylation sites (N-methyl/N-ethyl adjacent to an activating group) is 1. The van der Waals surface area contributed by atoms with Crippen molar-refractivity contribution in [3.63, 3.8) is 0 Å². The number of halogens is 1. The molecule has 5 nitrogen and oxygen atoms in total. The number of benzene rings is 1. The molecule has 0 aliphatic heterocycles. The monoisotopic (exact) mass is 393 g/mol. The number of ether oxygens (including phenoxy) is 1. The number of pyridine rings is 1. The third-order valence-electron chi connectivity index (χ3n) is 3.95. The van der Waals surface area contributed by atoms with Crippen LogP contribution in [0, 0.1) is 0 Å². The molecule has 0 spiro atoms. The van der Waals surface area contributed by atoms with E-state index in [1.165, 1.54) is 0 Å². The Bertz CT molecular complexity index is 702. The zero-order valence-corrected chi connectivity index (χ0v) is 16.0. The number of nitrogens with zero attached hydrogens (tertiary/aromatic N) is 2. The molecule has 0 atom stereocenters. The Morgan fingerprint density at radius 2 is 2.04 bits per heavy atom. The zero-order valence-electron chi connectivity index (χ0n) is 14.4. The van der Waals surface area contributed by atoms with Crippen LogP contribution in [0.5, 0.6) is 0 Å². The summed E-state index contributed by atoms with van der Waals surface area (Å²) in [5.74, 6) is -0.350. The number of hydrogen-bond acceptors (Lipinski definition) is 5. The number of fused-ring (bicyclic) bond motifs is 1. The molecule has 130 valence electrons. The molecule has 24 heavy (non-hydrogen) atoms. The van der Waals surface area contributed by atoms with Gasteiger partial charge in [0.15, 0.2) is 0 Å². The van der Waals surface area contributed by atoms with Gasteiger partial charge in [0.1, 0.15) is 5.56 Å². The maximum atomic E-state index is 12.3. The van der Waals surface area contributed by atoms with E-state index in [1.54, 1.807) is 13.1 Å². The van der Waals surface area contributed by atoms with Gasteiger partial charge in [0, 0.05) is 29.1 Å². The molecular formula is C18H24BrN3O2. The molecule has 2 aromatic rings. The topological polar surface area (TPSA) is 54.5 Å². The lowest BCUT2D eigenvalue weighted by Crippen LogP contribution is -2.29. The van der Waals surface area contributed by atoms with E-state index in [-0.39, 0.29) is 5.97 Å². The third kappa shape index (κ3) is 4.45. The predicted octanol–water partition coefficient (Wildman–Crippen LogP) is 3.93. The number of rotatable bonds is 8. The van der Waals surface area contributed by atoms with E-state index in [1.807, 2.05) is 18.2 Å². The second-order valence-corrected chi connectivity index (χ2v) is 6.30. The highest BCUT2D eigenvalue weighted by Gasteiger charge is 2.17. The molecule has 0 saturated carbocycles. The van der Waals surface area contributed by atoms with Crippen molar-refractivity contribution in [1.82, 2.24) is 9.88 Å². The van der Waals surface area contributed by atoms with Crippen LogP contribution in [0.25, 0.3) is 10.9 Å². The van der Waals surface area contributed by atoms with Gasteiger partial charge in [0.2, 0.25) is 0 Å². The first-order valence-corrected chi connectivity index (χ1v) is 9.11. The maximum absolute atomic E-state index is 12.3. The molecule has 1 heterocycles. The largest absolute Gasteiger partial charge is 0.462 e. The average molecular weight is 394 g/mol. The van der Waals surface area contributed by atoms with E-state index in [2.05, 4.69) is 45.0 Å². The van der Waals surface area contributed by atoms with Gasteiger partial charge in [-0.25, -0.2) is 4.79 Å². The Hall–Kier alpha value is -1.66. The molecule has 0 bridgehead atoms. The highest BCUT2D eigenvalue weighted by atomic mass is 79.9. The summed E-state index contributed by atoms with van der Waals surface area (Å²) in [5, 5.41) is 4.33. The number of esters is 1. The highest BCUT2D eigenvalue weighted by Crippen LogP contribution is 2.29. The SMILES string of the molecule is CCOC(=O)c1cnc2ccc(Br)cc2c1NCCN(CC)CC. The van der Waals surface area contributed by atoms with E-state index >= 15 is 0 Å². The van der Waals surface area contributed by atoms with Gasteiger partial charge in [-0.05, 0) is 38.2 Å². The molecule has 0 fully saturated rings. The zero-order chi connectivity index (χ0) is 17.5. The van der Waals surface area contributed by atoms with Crippen molar-refractivity contribution < 1.29 is 9.53 Å². The minimum atomic E-state index is -0.350. The number of carbonyl (C=O) groups excluding carboxylic acids is 1.